The van der Waals surface area contributed by atoms with Crippen molar-refractivity contribution in [3.8, 4) is 6.07 Å². The smallest absolute Gasteiger partial charge is 0.237 e. The third-order valence-electron chi connectivity index (χ3n) is 1.59. The van der Waals surface area contributed by atoms with Gasteiger partial charge >= 0.3 is 0 Å². The fraction of sp³-hybridized carbons (Fsp3) is 0.667. The number of amides is 1. The minimum atomic E-state index is -0.412. The van der Waals surface area contributed by atoms with Crippen molar-refractivity contribution in [1.29, 1.82) is 5.26 Å². The highest BCUT2D eigenvalue weighted by molar-refractivity contribution is 5.83. The minimum Gasteiger partial charge on any atom is -0.355 e. The quantitative estimate of drug-likeness (QED) is 0.490. The van der Waals surface area contributed by atoms with E-state index >= 15 is 0 Å². The SMILES string of the molecule is C[C@@H]1CNC(=O)[C@H]1C#N. The molecule has 1 saturated heterocycles. The normalized spacial score (nSPS) is 33.6. The average molecular weight is 124 g/mol. The van der Waals surface area contributed by atoms with Crippen LogP contribution >= 0.6 is 0 Å². The molecule has 0 aromatic heterocycles. The van der Waals surface area contributed by atoms with E-state index in [1.165, 1.54) is 0 Å². The Morgan fingerprint density at radius 1 is 1.89 bits per heavy atom. The maximum absolute atomic E-state index is 10.7. The van der Waals surface area contributed by atoms with Gasteiger partial charge in [0.05, 0.1) is 6.07 Å². The zero-order chi connectivity index (χ0) is 6.85. The molecule has 1 rings (SSSR count). The summed E-state index contributed by atoms with van der Waals surface area (Å²) in [5.41, 5.74) is 0. The summed E-state index contributed by atoms with van der Waals surface area (Å²) in [7, 11) is 0. The molecular formula is C6H8N2O. The van der Waals surface area contributed by atoms with Crippen molar-refractivity contribution in [2.75, 3.05) is 6.54 Å². The Labute approximate surface area is 53.7 Å². The van der Waals surface area contributed by atoms with E-state index in [1.807, 2.05) is 13.0 Å². The van der Waals surface area contributed by atoms with Crippen LogP contribution in [0.1, 0.15) is 6.92 Å². The van der Waals surface area contributed by atoms with E-state index in [4.69, 9.17) is 5.26 Å². The fourth-order valence-electron chi connectivity index (χ4n) is 0.934. The summed E-state index contributed by atoms with van der Waals surface area (Å²) in [5, 5.41) is 11.0. The van der Waals surface area contributed by atoms with Gasteiger partial charge in [0.15, 0.2) is 0 Å². The van der Waals surface area contributed by atoms with Crippen LogP contribution in [-0.2, 0) is 4.79 Å². The van der Waals surface area contributed by atoms with Gasteiger partial charge in [-0.2, -0.15) is 5.26 Å². The first-order chi connectivity index (χ1) is 4.25. The van der Waals surface area contributed by atoms with Gasteiger partial charge in [0.25, 0.3) is 0 Å². The van der Waals surface area contributed by atoms with E-state index < -0.39 is 5.92 Å². The van der Waals surface area contributed by atoms with Gasteiger partial charge in [-0.25, -0.2) is 0 Å². The molecule has 0 aliphatic carbocycles. The second kappa shape index (κ2) is 2.06. The molecule has 0 aromatic carbocycles. The van der Waals surface area contributed by atoms with Crippen LogP contribution in [0.15, 0.2) is 0 Å². The topological polar surface area (TPSA) is 52.9 Å². The Bertz CT molecular complexity index is 170. The summed E-state index contributed by atoms with van der Waals surface area (Å²) < 4.78 is 0. The van der Waals surface area contributed by atoms with Crippen LogP contribution in [0, 0.1) is 23.2 Å². The molecule has 0 unspecified atom stereocenters. The summed E-state index contributed by atoms with van der Waals surface area (Å²) >= 11 is 0. The maximum Gasteiger partial charge on any atom is 0.237 e. The van der Waals surface area contributed by atoms with Gasteiger partial charge in [-0.1, -0.05) is 6.92 Å². The number of nitrogens with zero attached hydrogens (tertiary/aromatic N) is 1. The van der Waals surface area contributed by atoms with Crippen LogP contribution < -0.4 is 5.32 Å². The van der Waals surface area contributed by atoms with Crippen LogP contribution in [0.25, 0.3) is 0 Å². The molecule has 0 radical (unpaired) electrons. The molecule has 1 aliphatic rings. The highest BCUT2D eigenvalue weighted by atomic mass is 16.2. The number of nitriles is 1. The van der Waals surface area contributed by atoms with Crippen LogP contribution in [0.4, 0.5) is 0 Å². The molecule has 9 heavy (non-hydrogen) atoms. The van der Waals surface area contributed by atoms with Crippen LogP contribution in [0.2, 0.25) is 0 Å². The summed E-state index contributed by atoms with van der Waals surface area (Å²) in [6.07, 6.45) is 0. The zero-order valence-electron chi connectivity index (χ0n) is 5.22. The predicted octanol–water partition coefficient (Wildman–Crippen LogP) is -0.108. The van der Waals surface area contributed by atoms with Gasteiger partial charge in [-0.3, -0.25) is 4.79 Å². The van der Waals surface area contributed by atoms with E-state index in [0.29, 0.717) is 6.54 Å². The summed E-state index contributed by atoms with van der Waals surface area (Å²) in [5.74, 6) is -0.350. The van der Waals surface area contributed by atoms with Gasteiger partial charge in [0, 0.05) is 6.54 Å². The lowest BCUT2D eigenvalue weighted by Crippen LogP contribution is -2.17. The van der Waals surface area contributed by atoms with E-state index in [-0.39, 0.29) is 11.8 Å². The van der Waals surface area contributed by atoms with Gasteiger partial charge in [-0.15, -0.1) is 0 Å². The summed E-state index contributed by atoms with van der Waals surface area (Å²) in [4.78, 5) is 10.7. The first-order valence-corrected chi connectivity index (χ1v) is 2.93. The Morgan fingerprint density at radius 3 is 2.78 bits per heavy atom. The lowest BCUT2D eigenvalue weighted by molar-refractivity contribution is -0.121. The summed E-state index contributed by atoms with van der Waals surface area (Å²) in [6.45, 7) is 2.54. The molecule has 0 saturated carbocycles. The Hall–Kier alpha value is -1.04. The first kappa shape index (κ1) is 6.09. The zero-order valence-corrected chi connectivity index (χ0v) is 5.22. The van der Waals surface area contributed by atoms with Crippen molar-refractivity contribution >= 4 is 5.91 Å². The van der Waals surface area contributed by atoms with Crippen molar-refractivity contribution in [3.63, 3.8) is 0 Å². The molecule has 0 bridgehead atoms. The van der Waals surface area contributed by atoms with E-state index in [9.17, 15) is 4.79 Å². The molecule has 1 N–H and O–H groups in total. The van der Waals surface area contributed by atoms with Gasteiger partial charge in [0.1, 0.15) is 5.92 Å². The van der Waals surface area contributed by atoms with Crippen molar-refractivity contribution in [2.24, 2.45) is 11.8 Å². The third-order valence-corrected chi connectivity index (χ3v) is 1.59. The average Bonchev–Trinajstić information content (AvgIpc) is 2.12. The van der Waals surface area contributed by atoms with Crippen LogP contribution in [0.3, 0.4) is 0 Å². The van der Waals surface area contributed by atoms with E-state index in [2.05, 4.69) is 5.32 Å². The number of carbonyl (C=O) groups excluding carboxylic acids is 1. The van der Waals surface area contributed by atoms with E-state index in [0.717, 1.165) is 0 Å². The Kier molecular flexibility index (Phi) is 1.39. The number of nitrogens with one attached hydrogen (secondary N) is 1. The lowest BCUT2D eigenvalue weighted by atomic mass is 10.00. The van der Waals surface area contributed by atoms with Crippen molar-refractivity contribution in [3.05, 3.63) is 0 Å². The molecule has 2 atom stereocenters. The Morgan fingerprint density at radius 2 is 2.56 bits per heavy atom. The molecule has 48 valence electrons. The lowest BCUT2D eigenvalue weighted by Gasteiger charge is -1.98. The van der Waals surface area contributed by atoms with E-state index in [1.54, 1.807) is 0 Å². The number of hydrogen-bond donors (Lipinski definition) is 1. The van der Waals surface area contributed by atoms with Crippen molar-refractivity contribution in [1.82, 2.24) is 5.32 Å². The highest BCUT2D eigenvalue weighted by Crippen LogP contribution is 2.14. The second-order valence-electron chi connectivity index (χ2n) is 2.33. The largest absolute Gasteiger partial charge is 0.355 e. The van der Waals surface area contributed by atoms with Crippen LogP contribution in [0.5, 0.6) is 0 Å². The Balaban J connectivity index is 2.69. The standard InChI is InChI=1S/C6H8N2O/c1-4-3-8-6(9)5(4)2-7/h4-5H,3H2,1H3,(H,8,9)/t4-,5+/m1/s1. The minimum absolute atomic E-state index is 0.120. The summed E-state index contributed by atoms with van der Waals surface area (Å²) in [6, 6.07) is 1.95. The molecule has 1 aliphatic heterocycles. The molecule has 0 spiro atoms. The number of hydrogen-bond acceptors (Lipinski definition) is 2. The molecule has 1 heterocycles. The van der Waals surface area contributed by atoms with Gasteiger partial charge in [-0.05, 0) is 5.92 Å². The third kappa shape index (κ3) is 0.879. The second-order valence-corrected chi connectivity index (χ2v) is 2.33. The van der Waals surface area contributed by atoms with Crippen molar-refractivity contribution in [2.45, 2.75) is 6.92 Å². The molecule has 0 aromatic rings. The highest BCUT2D eigenvalue weighted by Gasteiger charge is 2.30. The molecule has 3 nitrogen and oxygen atoms in total. The van der Waals surface area contributed by atoms with Crippen molar-refractivity contribution < 1.29 is 4.79 Å². The molecule has 1 amide bonds. The molecule has 1 fully saturated rings. The number of carbonyl (C=O) groups is 1. The molecule has 3 heteroatoms. The number of rotatable bonds is 0. The van der Waals surface area contributed by atoms with Gasteiger partial charge < -0.3 is 5.32 Å². The maximum atomic E-state index is 10.7. The monoisotopic (exact) mass is 124 g/mol. The predicted molar refractivity (Wildman–Crippen MR) is 31.3 cm³/mol. The van der Waals surface area contributed by atoms with Crippen LogP contribution in [-0.4, -0.2) is 12.5 Å². The van der Waals surface area contributed by atoms with Gasteiger partial charge in [0.2, 0.25) is 5.91 Å². The fourth-order valence-corrected chi connectivity index (χ4v) is 0.934. The first-order valence-electron chi connectivity index (χ1n) is 2.93. The molecular weight excluding hydrogens is 116 g/mol.